The van der Waals surface area contributed by atoms with Gasteiger partial charge in [0.1, 0.15) is 0 Å². The second kappa shape index (κ2) is 7.81. The second-order valence-corrected chi connectivity index (χ2v) is 10.0. The van der Waals surface area contributed by atoms with Crippen LogP contribution in [0.3, 0.4) is 0 Å². The first kappa shape index (κ1) is 21.4. The number of rotatable bonds is 3. The zero-order valence-corrected chi connectivity index (χ0v) is 18.2. The van der Waals surface area contributed by atoms with E-state index in [2.05, 4.69) is 33.8 Å². The predicted molar refractivity (Wildman–Crippen MR) is 106 cm³/mol. The van der Waals surface area contributed by atoms with Gasteiger partial charge in [-0.05, 0) is 55.8 Å². The maximum atomic E-state index is 11.7. The molecule has 0 radical (unpaired) electrons. The van der Waals surface area contributed by atoms with Crippen molar-refractivity contribution in [1.82, 2.24) is 0 Å². The molecule has 2 aliphatic carbocycles. The van der Waals surface area contributed by atoms with Gasteiger partial charge in [-0.25, -0.2) is 0 Å². The monoisotopic (exact) mass is 392 g/mol. The van der Waals surface area contributed by atoms with Crippen LogP contribution in [0.15, 0.2) is 11.6 Å². The van der Waals surface area contributed by atoms with E-state index in [9.17, 15) is 9.59 Å². The van der Waals surface area contributed by atoms with Crippen LogP contribution in [-0.4, -0.2) is 24.5 Å². The van der Waals surface area contributed by atoms with Gasteiger partial charge in [0.15, 0.2) is 0 Å². The van der Waals surface area contributed by atoms with Crippen LogP contribution in [0.2, 0.25) is 0 Å². The molecule has 1 heterocycles. The van der Waals surface area contributed by atoms with Gasteiger partial charge in [-0.2, -0.15) is 0 Å². The quantitative estimate of drug-likeness (QED) is 0.500. The summed E-state index contributed by atoms with van der Waals surface area (Å²) in [5.74, 6) is -0.294. The van der Waals surface area contributed by atoms with Crippen LogP contribution in [0.4, 0.5) is 0 Å². The van der Waals surface area contributed by atoms with E-state index < -0.39 is 12.6 Å². The molecule has 0 unspecified atom stereocenters. The second-order valence-electron chi connectivity index (χ2n) is 10.0. The molecule has 5 heteroatoms. The molecule has 0 amide bonds. The molecule has 0 aromatic rings. The van der Waals surface area contributed by atoms with Crippen LogP contribution < -0.4 is 0 Å². The number of carbonyl (C=O) groups is 2. The maximum absolute atomic E-state index is 11.7. The minimum atomic E-state index is -0.680. The SMILES string of the molecule is CC=C1[C@@H]2[C@@H](OC(C)=O)O[C@@H](OC(C)=O)[C@@H]2CC[C@@H]1[C@@]1(C)CCCC(C)(C)C1. The van der Waals surface area contributed by atoms with Crippen molar-refractivity contribution in [1.29, 1.82) is 0 Å². The fourth-order valence-corrected chi connectivity index (χ4v) is 6.39. The molecule has 1 saturated heterocycles. The van der Waals surface area contributed by atoms with E-state index in [0.29, 0.717) is 11.3 Å². The summed E-state index contributed by atoms with van der Waals surface area (Å²) in [7, 11) is 0. The largest absolute Gasteiger partial charge is 0.435 e. The van der Waals surface area contributed by atoms with Gasteiger partial charge in [-0.1, -0.05) is 38.8 Å². The summed E-state index contributed by atoms with van der Waals surface area (Å²) in [4.78, 5) is 23.3. The summed E-state index contributed by atoms with van der Waals surface area (Å²) in [6.45, 7) is 12.1. The third kappa shape index (κ3) is 4.14. The van der Waals surface area contributed by atoms with Gasteiger partial charge in [-0.15, -0.1) is 0 Å². The molecule has 0 bridgehead atoms. The highest BCUT2D eigenvalue weighted by atomic mass is 16.8. The molecule has 6 atom stereocenters. The molecule has 5 nitrogen and oxygen atoms in total. The fraction of sp³-hybridized carbons (Fsp3) is 0.826. The summed E-state index contributed by atoms with van der Waals surface area (Å²) in [5.41, 5.74) is 1.90. The molecule has 158 valence electrons. The van der Waals surface area contributed by atoms with Crippen molar-refractivity contribution < 1.29 is 23.8 Å². The van der Waals surface area contributed by atoms with Gasteiger partial charge in [0.2, 0.25) is 12.6 Å². The Morgan fingerprint density at radius 2 is 1.68 bits per heavy atom. The average molecular weight is 393 g/mol. The summed E-state index contributed by atoms with van der Waals surface area (Å²) >= 11 is 0. The first-order valence-corrected chi connectivity index (χ1v) is 10.7. The van der Waals surface area contributed by atoms with Gasteiger partial charge in [0, 0.05) is 19.8 Å². The van der Waals surface area contributed by atoms with Crippen molar-refractivity contribution in [3.05, 3.63) is 11.6 Å². The normalized spacial score (nSPS) is 41.4. The summed E-state index contributed by atoms with van der Waals surface area (Å²) in [6, 6.07) is 0. The molecule has 1 aliphatic heterocycles. The lowest BCUT2D eigenvalue weighted by molar-refractivity contribution is -0.213. The van der Waals surface area contributed by atoms with Crippen LogP contribution in [-0.2, 0) is 23.8 Å². The van der Waals surface area contributed by atoms with Crippen LogP contribution >= 0.6 is 0 Å². The zero-order valence-electron chi connectivity index (χ0n) is 18.2. The lowest BCUT2D eigenvalue weighted by Gasteiger charge is -2.51. The van der Waals surface area contributed by atoms with Crippen LogP contribution in [0.1, 0.15) is 80.1 Å². The van der Waals surface area contributed by atoms with Gasteiger partial charge in [-0.3, -0.25) is 9.59 Å². The minimum Gasteiger partial charge on any atom is -0.435 e. The van der Waals surface area contributed by atoms with Crippen molar-refractivity contribution >= 4 is 11.9 Å². The number of hydrogen-bond acceptors (Lipinski definition) is 5. The van der Waals surface area contributed by atoms with Crippen molar-refractivity contribution in [2.45, 2.75) is 92.6 Å². The van der Waals surface area contributed by atoms with E-state index in [0.717, 1.165) is 12.8 Å². The first-order chi connectivity index (χ1) is 13.1. The predicted octanol–water partition coefficient (Wildman–Crippen LogP) is 4.99. The average Bonchev–Trinajstić information content (AvgIpc) is 2.89. The number of fused-ring (bicyclic) bond motifs is 1. The van der Waals surface area contributed by atoms with Crippen molar-refractivity contribution in [2.24, 2.45) is 28.6 Å². The third-order valence-electron chi connectivity index (χ3n) is 7.17. The topological polar surface area (TPSA) is 61.8 Å². The molecule has 3 rings (SSSR count). The molecule has 0 N–H and O–H groups in total. The van der Waals surface area contributed by atoms with Crippen molar-refractivity contribution in [3.63, 3.8) is 0 Å². The van der Waals surface area contributed by atoms with E-state index >= 15 is 0 Å². The molecular weight excluding hydrogens is 356 g/mol. The number of allylic oxidation sites excluding steroid dienone is 1. The lowest BCUT2D eigenvalue weighted by atomic mass is 9.53. The number of ether oxygens (including phenoxy) is 3. The third-order valence-corrected chi connectivity index (χ3v) is 7.17. The van der Waals surface area contributed by atoms with Gasteiger partial charge >= 0.3 is 11.9 Å². The van der Waals surface area contributed by atoms with E-state index in [4.69, 9.17) is 14.2 Å². The summed E-state index contributed by atoms with van der Waals surface area (Å²) in [5, 5.41) is 0. The minimum absolute atomic E-state index is 0.0379. The Morgan fingerprint density at radius 3 is 2.25 bits per heavy atom. The molecule has 0 aromatic carbocycles. The highest BCUT2D eigenvalue weighted by Gasteiger charge is 2.56. The standard InChI is InChI=1S/C23H36O5/c1-7-16-18(23(6)12-8-11-22(4,5)13-23)10-9-17-19(16)21(27-15(3)25)28-20(17)26-14(2)24/h7,17-21H,8-13H2,1-6H3/t17-,18+,19+,20-,21+,23+/m1/s1. The Morgan fingerprint density at radius 1 is 1.04 bits per heavy atom. The molecule has 0 spiro atoms. The number of hydrogen-bond donors (Lipinski definition) is 0. The Labute approximate surface area is 169 Å². The van der Waals surface area contributed by atoms with E-state index in [1.165, 1.54) is 45.1 Å². The highest BCUT2D eigenvalue weighted by molar-refractivity contribution is 5.66. The lowest BCUT2D eigenvalue weighted by Crippen LogP contribution is -2.44. The van der Waals surface area contributed by atoms with Crippen LogP contribution in [0.25, 0.3) is 0 Å². The molecule has 0 aromatic heterocycles. The molecule has 28 heavy (non-hydrogen) atoms. The summed E-state index contributed by atoms with van der Waals surface area (Å²) in [6.07, 6.45) is 7.81. The Bertz CT molecular complexity index is 651. The Kier molecular flexibility index (Phi) is 5.96. The first-order valence-electron chi connectivity index (χ1n) is 10.7. The van der Waals surface area contributed by atoms with Gasteiger partial charge in [0.25, 0.3) is 0 Å². The molecule has 3 fully saturated rings. The van der Waals surface area contributed by atoms with Crippen LogP contribution in [0.5, 0.6) is 0 Å². The summed E-state index contributed by atoms with van der Waals surface area (Å²) < 4.78 is 16.9. The molecule has 3 aliphatic rings. The number of carbonyl (C=O) groups excluding carboxylic acids is 2. The van der Waals surface area contributed by atoms with Gasteiger partial charge in [0.05, 0.1) is 5.92 Å². The van der Waals surface area contributed by atoms with E-state index in [1.807, 2.05) is 0 Å². The maximum Gasteiger partial charge on any atom is 0.304 e. The van der Waals surface area contributed by atoms with Gasteiger partial charge < -0.3 is 14.2 Å². The van der Waals surface area contributed by atoms with E-state index in [1.54, 1.807) is 0 Å². The molecular formula is C23H36O5. The fourth-order valence-electron chi connectivity index (χ4n) is 6.39. The smallest absolute Gasteiger partial charge is 0.304 e. The molecule has 2 saturated carbocycles. The van der Waals surface area contributed by atoms with E-state index in [-0.39, 0.29) is 29.2 Å². The zero-order chi connectivity index (χ0) is 20.7. The number of esters is 2. The highest BCUT2D eigenvalue weighted by Crippen LogP contribution is 2.59. The van der Waals surface area contributed by atoms with Crippen molar-refractivity contribution in [3.8, 4) is 0 Å². The van der Waals surface area contributed by atoms with Crippen molar-refractivity contribution in [2.75, 3.05) is 0 Å². The van der Waals surface area contributed by atoms with Crippen LogP contribution in [0, 0.1) is 28.6 Å². The Hall–Kier alpha value is -1.36. The Balaban J connectivity index is 1.90.